The van der Waals surface area contributed by atoms with Gasteiger partial charge >= 0.3 is 5.69 Å². The summed E-state index contributed by atoms with van der Waals surface area (Å²) >= 11 is 1.26. The second-order valence-electron chi connectivity index (χ2n) is 7.36. The maximum atomic E-state index is 13.0. The predicted molar refractivity (Wildman–Crippen MR) is 139 cm³/mol. The first kappa shape index (κ1) is 25.2. The van der Waals surface area contributed by atoms with E-state index in [9.17, 15) is 9.59 Å². The van der Waals surface area contributed by atoms with Crippen molar-refractivity contribution in [3.05, 3.63) is 82.0 Å². The number of nitrogens with one attached hydrogen (secondary N) is 2. The van der Waals surface area contributed by atoms with Crippen molar-refractivity contribution in [3.63, 3.8) is 0 Å². The zero-order valence-corrected chi connectivity index (χ0v) is 21.0. The number of hydrogen-bond acceptors (Lipinski definition) is 6. The Morgan fingerprint density at radius 1 is 1.21 bits per heavy atom. The summed E-state index contributed by atoms with van der Waals surface area (Å²) in [5, 5.41) is 8.45. The number of hydrogen-bond donors (Lipinski definition) is 2. The first-order chi connectivity index (χ1) is 16.5. The van der Waals surface area contributed by atoms with E-state index < -0.39 is 0 Å². The lowest BCUT2D eigenvalue weighted by Gasteiger charge is -2.32. The van der Waals surface area contributed by atoms with Crippen molar-refractivity contribution < 1.29 is 4.79 Å². The lowest BCUT2D eigenvalue weighted by Crippen LogP contribution is -2.44. The van der Waals surface area contributed by atoms with Gasteiger partial charge in [0.25, 0.3) is 5.91 Å². The number of allylic oxidation sites excluding steroid dienone is 3. The number of fused-ring (bicyclic) bond motifs is 1. The summed E-state index contributed by atoms with van der Waals surface area (Å²) in [6, 6.07) is 7.52. The molecule has 3 heterocycles. The molecule has 0 unspecified atom stereocenters. The summed E-state index contributed by atoms with van der Waals surface area (Å²) in [6.45, 7) is 13.2. The maximum Gasteiger partial charge on any atom is 0.335 e. The zero-order chi connectivity index (χ0) is 24.7. The van der Waals surface area contributed by atoms with Crippen LogP contribution in [0.4, 0.5) is 0 Å². The van der Waals surface area contributed by atoms with Gasteiger partial charge in [-0.1, -0.05) is 44.7 Å². The number of imidazole rings is 1. The number of thiazole rings is 1. The van der Waals surface area contributed by atoms with Crippen LogP contribution in [-0.4, -0.2) is 51.1 Å². The molecule has 0 spiro atoms. The fraction of sp³-hybridized carbons (Fsp3) is 0.320. The quantitative estimate of drug-likeness (QED) is 0.528. The molecule has 34 heavy (non-hydrogen) atoms. The van der Waals surface area contributed by atoms with Crippen molar-refractivity contribution in [2.75, 3.05) is 26.2 Å². The summed E-state index contributed by atoms with van der Waals surface area (Å²) in [4.78, 5) is 32.5. The van der Waals surface area contributed by atoms with E-state index in [1.54, 1.807) is 23.1 Å². The van der Waals surface area contributed by atoms with Gasteiger partial charge in [0, 0.05) is 38.6 Å². The minimum absolute atomic E-state index is 0.198. The van der Waals surface area contributed by atoms with Crippen LogP contribution in [0.3, 0.4) is 0 Å². The highest BCUT2D eigenvalue weighted by molar-refractivity contribution is 7.12. The Morgan fingerprint density at radius 2 is 1.88 bits per heavy atom. The predicted octanol–water partition coefficient (Wildman–Crippen LogP) is 3.42. The van der Waals surface area contributed by atoms with Crippen molar-refractivity contribution in [2.45, 2.75) is 20.8 Å². The molecule has 8 nitrogen and oxygen atoms in total. The molecular weight excluding hydrogens is 448 g/mol. The average molecular weight is 481 g/mol. The van der Waals surface area contributed by atoms with Crippen LogP contribution in [0.1, 0.15) is 31.3 Å². The number of amides is 1. The van der Waals surface area contributed by atoms with Gasteiger partial charge in [-0.05, 0) is 25.1 Å². The molecule has 0 radical (unpaired) electrons. The van der Waals surface area contributed by atoms with E-state index in [1.807, 2.05) is 57.2 Å². The normalized spacial score (nSPS) is 14.5. The summed E-state index contributed by atoms with van der Waals surface area (Å²) in [5.74, 6) is -0.320. The molecule has 1 saturated heterocycles. The Balaban J connectivity index is 0.00000158. The minimum atomic E-state index is -0.320. The van der Waals surface area contributed by atoms with Crippen LogP contribution in [0.15, 0.2) is 70.6 Å². The Labute approximate surface area is 203 Å². The van der Waals surface area contributed by atoms with E-state index >= 15 is 0 Å². The minimum Gasteiger partial charge on any atom is -0.367 e. The lowest BCUT2D eigenvalue weighted by atomic mass is 10.2. The first-order valence-corrected chi connectivity index (χ1v) is 12.3. The van der Waals surface area contributed by atoms with Crippen LogP contribution in [0, 0.1) is 0 Å². The van der Waals surface area contributed by atoms with Gasteiger partial charge < -0.3 is 15.5 Å². The summed E-state index contributed by atoms with van der Waals surface area (Å²) in [7, 11) is 1.73. The van der Waals surface area contributed by atoms with E-state index in [0.29, 0.717) is 10.8 Å². The van der Waals surface area contributed by atoms with Crippen LogP contribution >= 0.6 is 11.3 Å². The molecule has 0 atom stereocenters. The molecule has 9 heteroatoms. The van der Waals surface area contributed by atoms with E-state index in [4.69, 9.17) is 0 Å². The van der Waals surface area contributed by atoms with Crippen molar-refractivity contribution in [3.8, 4) is 5.13 Å². The summed E-state index contributed by atoms with van der Waals surface area (Å²) in [6.07, 6.45) is 5.50. The van der Waals surface area contributed by atoms with Gasteiger partial charge in [0.2, 0.25) is 0 Å². The van der Waals surface area contributed by atoms with Crippen LogP contribution in [0.2, 0.25) is 0 Å². The molecule has 1 aromatic carbocycles. The lowest BCUT2D eigenvalue weighted by molar-refractivity contribution is 0.0960. The number of aromatic nitrogens is 3. The molecule has 0 bridgehead atoms. The number of aryl methyl sites for hydroxylation is 1. The van der Waals surface area contributed by atoms with Crippen molar-refractivity contribution in [1.82, 2.24) is 29.7 Å². The van der Waals surface area contributed by atoms with E-state index in [1.165, 1.54) is 15.9 Å². The SMILES string of the molecule is C=C/C=C(\C(=C/C)NC(=O)c1csc(-n2c(=O)n(C)c3ccccc32)n1)N1CCNCC1.CC. The standard InChI is InChI=1S/C23H26N6O2S.C2H6/c1-4-8-18(28-13-11-24-12-14-28)16(5-2)25-21(30)17-15-32-22(26-17)29-20-10-7-6-9-19(20)27(3)23(29)31;1-2/h4-10,15,24H,1,11-14H2,2-3H3,(H,25,30);1-2H3/b16-5+,18-8+;. The van der Waals surface area contributed by atoms with Crippen molar-refractivity contribution >= 4 is 28.3 Å². The van der Waals surface area contributed by atoms with Crippen LogP contribution in [-0.2, 0) is 7.05 Å². The van der Waals surface area contributed by atoms with Gasteiger partial charge in [-0.15, -0.1) is 11.3 Å². The van der Waals surface area contributed by atoms with Gasteiger partial charge in [-0.25, -0.2) is 14.3 Å². The molecule has 0 aliphatic carbocycles. The number of benzene rings is 1. The topological polar surface area (TPSA) is 84.2 Å². The second kappa shape index (κ2) is 11.6. The number of carbonyl (C=O) groups is 1. The molecule has 180 valence electrons. The molecule has 1 aliphatic heterocycles. The average Bonchev–Trinajstić information content (AvgIpc) is 3.46. The fourth-order valence-corrected chi connectivity index (χ4v) is 4.61. The molecule has 1 aliphatic rings. The van der Waals surface area contributed by atoms with Gasteiger partial charge in [0.1, 0.15) is 5.69 Å². The highest BCUT2D eigenvalue weighted by atomic mass is 32.1. The summed E-state index contributed by atoms with van der Waals surface area (Å²) < 4.78 is 3.12. The first-order valence-electron chi connectivity index (χ1n) is 11.4. The smallest absolute Gasteiger partial charge is 0.335 e. The molecule has 3 aromatic rings. The van der Waals surface area contributed by atoms with E-state index in [0.717, 1.165) is 42.9 Å². The Kier molecular flexibility index (Phi) is 8.61. The number of rotatable bonds is 6. The van der Waals surface area contributed by atoms with Crippen molar-refractivity contribution in [2.24, 2.45) is 7.05 Å². The van der Waals surface area contributed by atoms with E-state index in [2.05, 4.69) is 27.1 Å². The van der Waals surface area contributed by atoms with Gasteiger partial charge in [-0.3, -0.25) is 9.36 Å². The number of piperazine rings is 1. The van der Waals surface area contributed by atoms with Gasteiger partial charge in [-0.2, -0.15) is 0 Å². The summed E-state index contributed by atoms with van der Waals surface area (Å²) in [5.41, 5.74) is 3.25. The second-order valence-corrected chi connectivity index (χ2v) is 8.20. The van der Waals surface area contributed by atoms with E-state index in [-0.39, 0.29) is 17.3 Å². The highest BCUT2D eigenvalue weighted by Gasteiger charge is 2.21. The molecule has 1 fully saturated rings. The maximum absolute atomic E-state index is 13.0. The Hall–Kier alpha value is -3.43. The fourth-order valence-electron chi connectivity index (χ4n) is 3.80. The third-order valence-corrected chi connectivity index (χ3v) is 6.25. The highest BCUT2D eigenvalue weighted by Crippen LogP contribution is 2.21. The van der Waals surface area contributed by atoms with Gasteiger partial charge in [0.15, 0.2) is 5.13 Å². The van der Waals surface area contributed by atoms with Gasteiger partial charge in [0.05, 0.1) is 22.4 Å². The van der Waals surface area contributed by atoms with Crippen molar-refractivity contribution in [1.29, 1.82) is 0 Å². The molecule has 0 saturated carbocycles. The molecule has 2 N–H and O–H groups in total. The number of nitrogens with zero attached hydrogens (tertiary/aromatic N) is 4. The Morgan fingerprint density at radius 3 is 2.53 bits per heavy atom. The molecule has 4 rings (SSSR count). The molecule has 2 aromatic heterocycles. The number of para-hydroxylation sites is 2. The number of carbonyl (C=O) groups excluding carboxylic acids is 1. The third-order valence-electron chi connectivity index (χ3n) is 5.42. The Bertz CT molecular complexity index is 1270. The molecular formula is C25H32N6O2S. The largest absolute Gasteiger partial charge is 0.367 e. The monoisotopic (exact) mass is 480 g/mol. The zero-order valence-electron chi connectivity index (χ0n) is 20.2. The van der Waals surface area contributed by atoms with Crippen LogP contribution in [0.25, 0.3) is 16.2 Å². The third kappa shape index (κ3) is 5.05. The van der Waals surface area contributed by atoms with Crippen LogP contribution < -0.4 is 16.3 Å². The molecule has 1 amide bonds. The van der Waals surface area contributed by atoms with Crippen LogP contribution in [0.5, 0.6) is 0 Å².